The molecule has 0 aliphatic heterocycles. The molecule has 1 amide bonds. The van der Waals surface area contributed by atoms with Crippen molar-refractivity contribution in [2.75, 3.05) is 0 Å². The van der Waals surface area contributed by atoms with Crippen LogP contribution in [0.3, 0.4) is 0 Å². The number of carbonyl (C=O) groups is 1. The third-order valence-corrected chi connectivity index (χ3v) is 2.84. The molecule has 2 rings (SSSR count). The number of halogens is 1. The molecule has 0 aromatic carbocycles. The number of amides is 1. The predicted octanol–water partition coefficient (Wildman–Crippen LogP) is 2.06. The zero-order valence-corrected chi connectivity index (χ0v) is 10.9. The molecule has 2 N–H and O–H groups in total. The molecule has 0 bridgehead atoms. The fourth-order valence-corrected chi connectivity index (χ4v) is 1.85. The van der Waals surface area contributed by atoms with Gasteiger partial charge in [-0.05, 0) is 25.1 Å². The monoisotopic (exact) mass is 278 g/mol. The maximum absolute atomic E-state index is 13.4. The van der Waals surface area contributed by atoms with E-state index in [4.69, 9.17) is 4.42 Å². The lowest BCUT2D eigenvalue weighted by molar-refractivity contribution is 0.0899. The normalized spacial score (nSPS) is 13.8. The summed E-state index contributed by atoms with van der Waals surface area (Å²) in [5.41, 5.74) is -0.0701. The van der Waals surface area contributed by atoms with Crippen LogP contribution in [0.1, 0.15) is 35.6 Å². The molecule has 0 saturated heterocycles. The molecule has 20 heavy (non-hydrogen) atoms. The van der Waals surface area contributed by atoms with Crippen LogP contribution in [-0.4, -0.2) is 22.0 Å². The topological polar surface area (TPSA) is 75.4 Å². The second-order valence-corrected chi connectivity index (χ2v) is 4.50. The molecular formula is C14H15FN2O3. The highest BCUT2D eigenvalue weighted by Crippen LogP contribution is 2.18. The molecule has 2 aromatic rings. The van der Waals surface area contributed by atoms with E-state index in [1.165, 1.54) is 18.5 Å². The first kappa shape index (κ1) is 14.2. The van der Waals surface area contributed by atoms with Crippen molar-refractivity contribution < 1.29 is 18.7 Å². The molecule has 5 nitrogen and oxygen atoms in total. The van der Waals surface area contributed by atoms with Crippen LogP contribution in [0.2, 0.25) is 0 Å². The largest absolute Gasteiger partial charge is 0.467 e. The van der Waals surface area contributed by atoms with Crippen molar-refractivity contribution in [1.82, 2.24) is 10.3 Å². The van der Waals surface area contributed by atoms with Gasteiger partial charge in [0.25, 0.3) is 5.91 Å². The fraction of sp³-hybridized carbons (Fsp3) is 0.286. The summed E-state index contributed by atoms with van der Waals surface area (Å²) in [4.78, 5) is 15.4. The fourth-order valence-electron chi connectivity index (χ4n) is 1.85. The van der Waals surface area contributed by atoms with Crippen LogP contribution >= 0.6 is 0 Å². The number of nitrogens with zero attached hydrogens (tertiary/aromatic N) is 1. The first-order chi connectivity index (χ1) is 9.58. The average molecular weight is 278 g/mol. The highest BCUT2D eigenvalue weighted by Gasteiger charge is 2.18. The molecule has 0 radical (unpaired) electrons. The van der Waals surface area contributed by atoms with E-state index in [0.717, 1.165) is 6.20 Å². The Balaban J connectivity index is 1.93. The van der Waals surface area contributed by atoms with Gasteiger partial charge in [0.1, 0.15) is 11.9 Å². The van der Waals surface area contributed by atoms with Gasteiger partial charge in [-0.1, -0.05) is 0 Å². The number of pyridine rings is 1. The van der Waals surface area contributed by atoms with E-state index in [2.05, 4.69) is 10.3 Å². The van der Waals surface area contributed by atoms with E-state index in [1.807, 2.05) is 0 Å². The summed E-state index contributed by atoms with van der Waals surface area (Å²) >= 11 is 0. The van der Waals surface area contributed by atoms with Crippen LogP contribution in [0.15, 0.2) is 41.3 Å². The van der Waals surface area contributed by atoms with E-state index in [0.29, 0.717) is 5.76 Å². The molecule has 2 unspecified atom stereocenters. The van der Waals surface area contributed by atoms with Crippen molar-refractivity contribution in [3.8, 4) is 0 Å². The van der Waals surface area contributed by atoms with Crippen LogP contribution in [0, 0.1) is 5.82 Å². The van der Waals surface area contributed by atoms with Crippen molar-refractivity contribution in [2.24, 2.45) is 0 Å². The van der Waals surface area contributed by atoms with Crippen LogP contribution < -0.4 is 5.32 Å². The van der Waals surface area contributed by atoms with Gasteiger partial charge in [0.15, 0.2) is 5.82 Å². The summed E-state index contributed by atoms with van der Waals surface area (Å²) in [6.07, 6.45) is 3.25. The van der Waals surface area contributed by atoms with Gasteiger partial charge in [0, 0.05) is 18.7 Å². The SMILES string of the molecule is CC(CC(O)c1ccco1)NC(=O)c1ccncc1F. The van der Waals surface area contributed by atoms with Gasteiger partial charge in [-0.3, -0.25) is 9.78 Å². The van der Waals surface area contributed by atoms with Gasteiger partial charge in [-0.25, -0.2) is 4.39 Å². The minimum absolute atomic E-state index is 0.0701. The van der Waals surface area contributed by atoms with E-state index in [-0.39, 0.29) is 18.0 Å². The second kappa shape index (κ2) is 6.29. The van der Waals surface area contributed by atoms with Crippen LogP contribution in [0.4, 0.5) is 4.39 Å². The quantitative estimate of drug-likeness (QED) is 0.877. The number of furan rings is 1. The molecule has 2 atom stereocenters. The summed E-state index contributed by atoms with van der Waals surface area (Å²) in [5.74, 6) is -0.783. The van der Waals surface area contributed by atoms with E-state index in [9.17, 15) is 14.3 Å². The Labute approximate surface area is 115 Å². The van der Waals surface area contributed by atoms with Gasteiger partial charge in [0.05, 0.1) is 18.0 Å². The number of aliphatic hydroxyl groups is 1. The molecule has 0 aliphatic rings. The standard InChI is InChI=1S/C14H15FN2O3/c1-9(7-12(18)13-3-2-6-20-13)17-14(19)10-4-5-16-8-11(10)15/h2-6,8-9,12,18H,7H2,1H3,(H,17,19). The zero-order chi connectivity index (χ0) is 14.5. The van der Waals surface area contributed by atoms with Crippen molar-refractivity contribution in [2.45, 2.75) is 25.5 Å². The van der Waals surface area contributed by atoms with Crippen LogP contribution in [0.5, 0.6) is 0 Å². The molecule has 6 heteroatoms. The Morgan fingerprint density at radius 1 is 1.55 bits per heavy atom. The molecule has 0 fully saturated rings. The number of hydrogen-bond donors (Lipinski definition) is 2. The number of aromatic nitrogens is 1. The maximum Gasteiger partial charge on any atom is 0.254 e. The minimum Gasteiger partial charge on any atom is -0.467 e. The molecular weight excluding hydrogens is 263 g/mol. The summed E-state index contributed by atoms with van der Waals surface area (Å²) in [6.45, 7) is 1.73. The van der Waals surface area contributed by atoms with Crippen LogP contribution in [0.25, 0.3) is 0 Å². The molecule has 0 aliphatic carbocycles. The van der Waals surface area contributed by atoms with Gasteiger partial charge in [-0.15, -0.1) is 0 Å². The number of carbonyl (C=O) groups excluding carboxylic acids is 1. The van der Waals surface area contributed by atoms with Crippen molar-refractivity contribution >= 4 is 5.91 Å². The molecule has 2 aromatic heterocycles. The number of nitrogens with one attached hydrogen (secondary N) is 1. The van der Waals surface area contributed by atoms with Gasteiger partial charge < -0.3 is 14.8 Å². The Morgan fingerprint density at radius 2 is 2.35 bits per heavy atom. The molecule has 2 heterocycles. The summed E-state index contributed by atoms with van der Waals surface area (Å²) in [5, 5.41) is 12.5. The van der Waals surface area contributed by atoms with Crippen LogP contribution in [-0.2, 0) is 0 Å². The Morgan fingerprint density at radius 3 is 3.00 bits per heavy atom. The second-order valence-electron chi connectivity index (χ2n) is 4.50. The third-order valence-electron chi connectivity index (χ3n) is 2.84. The lowest BCUT2D eigenvalue weighted by Gasteiger charge is -2.16. The summed E-state index contributed by atoms with van der Waals surface area (Å²) < 4.78 is 18.5. The molecule has 106 valence electrons. The Kier molecular flexibility index (Phi) is 4.47. The molecule has 0 saturated carbocycles. The van der Waals surface area contributed by atoms with Gasteiger partial charge >= 0.3 is 0 Å². The summed E-state index contributed by atoms with van der Waals surface area (Å²) in [6, 6.07) is 4.30. The average Bonchev–Trinajstić information content (AvgIpc) is 2.92. The minimum atomic E-state index is -0.817. The lowest BCUT2D eigenvalue weighted by Crippen LogP contribution is -2.34. The summed E-state index contributed by atoms with van der Waals surface area (Å²) in [7, 11) is 0. The maximum atomic E-state index is 13.4. The number of hydrogen-bond acceptors (Lipinski definition) is 4. The zero-order valence-electron chi connectivity index (χ0n) is 10.9. The van der Waals surface area contributed by atoms with E-state index >= 15 is 0 Å². The van der Waals surface area contributed by atoms with Crippen molar-refractivity contribution in [1.29, 1.82) is 0 Å². The van der Waals surface area contributed by atoms with Crippen molar-refractivity contribution in [3.63, 3.8) is 0 Å². The van der Waals surface area contributed by atoms with E-state index < -0.39 is 17.8 Å². The highest BCUT2D eigenvalue weighted by molar-refractivity contribution is 5.94. The van der Waals surface area contributed by atoms with Gasteiger partial charge in [0.2, 0.25) is 0 Å². The first-order valence-corrected chi connectivity index (χ1v) is 6.19. The highest BCUT2D eigenvalue weighted by atomic mass is 19.1. The lowest BCUT2D eigenvalue weighted by atomic mass is 10.1. The Hall–Kier alpha value is -2.21. The number of rotatable bonds is 5. The predicted molar refractivity (Wildman–Crippen MR) is 69.4 cm³/mol. The Bertz CT molecular complexity index is 572. The first-order valence-electron chi connectivity index (χ1n) is 6.19. The number of aliphatic hydroxyl groups excluding tert-OH is 1. The van der Waals surface area contributed by atoms with Crippen molar-refractivity contribution in [3.05, 3.63) is 54.0 Å². The molecule has 0 spiro atoms. The van der Waals surface area contributed by atoms with Gasteiger partial charge in [-0.2, -0.15) is 0 Å². The smallest absolute Gasteiger partial charge is 0.254 e. The van der Waals surface area contributed by atoms with E-state index in [1.54, 1.807) is 19.1 Å². The third kappa shape index (κ3) is 3.42.